The van der Waals surface area contributed by atoms with Crippen molar-refractivity contribution in [1.29, 1.82) is 0 Å². The Bertz CT molecular complexity index is 1650. The smallest absolute Gasteiger partial charge is 0.475 e. The molecule has 1 spiro atoms. The molecular weight excluding hydrogens is 695 g/mol. The van der Waals surface area contributed by atoms with Crippen LogP contribution < -0.4 is 10.2 Å². The third kappa shape index (κ3) is 8.57. The molecule has 3 saturated heterocycles. The van der Waals surface area contributed by atoms with E-state index in [1.54, 1.807) is 12.4 Å². The summed E-state index contributed by atoms with van der Waals surface area (Å²) in [4.78, 5) is 61.5. The van der Waals surface area contributed by atoms with Gasteiger partial charge in [0.1, 0.15) is 11.6 Å². The molecule has 3 aliphatic heterocycles. The number of pyridine rings is 1. The number of hydrogen-bond acceptors (Lipinski definition) is 8. The molecule has 53 heavy (non-hydrogen) atoms. The van der Waals surface area contributed by atoms with Crippen LogP contribution in [0.15, 0.2) is 18.5 Å². The number of likely N-dealkylation sites (tertiary alicyclic amines) is 2. The number of hydrogen-bond donors (Lipinski definition) is 3. The quantitative estimate of drug-likeness (QED) is 0.338. The molecule has 13 nitrogen and oxygen atoms in total. The summed E-state index contributed by atoms with van der Waals surface area (Å²) >= 11 is 0. The number of alkyl halides is 3. The Morgan fingerprint density at radius 3 is 2.28 bits per heavy atom. The van der Waals surface area contributed by atoms with Crippen molar-refractivity contribution in [3.05, 3.63) is 18.5 Å². The van der Waals surface area contributed by atoms with E-state index in [2.05, 4.69) is 34.3 Å². The largest absolute Gasteiger partial charge is 0.490 e. The molecule has 2 aromatic heterocycles. The highest BCUT2D eigenvalue weighted by Crippen LogP contribution is 2.55. The zero-order chi connectivity index (χ0) is 38.1. The van der Waals surface area contributed by atoms with Gasteiger partial charge in [-0.1, -0.05) is 33.1 Å². The second-order valence-electron chi connectivity index (χ2n) is 16.4. The van der Waals surface area contributed by atoms with Crippen LogP contribution in [0.4, 0.5) is 19.0 Å². The lowest BCUT2D eigenvalue weighted by Gasteiger charge is -2.50. The highest BCUT2D eigenvalue weighted by Gasteiger charge is 2.62. The lowest BCUT2D eigenvalue weighted by atomic mass is 9.70. The fraction of sp³-hybridized carbons (Fsp3) is 0.730. The van der Waals surface area contributed by atoms with Gasteiger partial charge in [-0.2, -0.15) is 18.3 Å². The molecule has 7 rings (SSSR count). The van der Waals surface area contributed by atoms with Crippen LogP contribution in [0.5, 0.6) is 0 Å². The maximum Gasteiger partial charge on any atom is 0.490 e. The maximum atomic E-state index is 14.5. The standard InChI is InChI=1S/C35H51N7O4.C2HF3O2/c1-23(46-19-24-10-6-4-7-11-24)28(33(45)40-14-8-5-9-15-40)38-31(43)27-18-41(30-29-25(12-13-36-30)17-37-39-29)20-35(27)21-42(22-35)32(44)26-16-34(26,2)3;3-2(4,5)1(6)7/h12-13,17,23-24,26-28H,4-11,14-16,18-22H2,1-3H3,(H,37,39)(H,38,43);(H,6,7)/t23-,26-,27+,28+;/m1./s1. The van der Waals surface area contributed by atoms with Gasteiger partial charge in [0.25, 0.3) is 0 Å². The number of carbonyl (C=O) groups is 4. The van der Waals surface area contributed by atoms with Crippen molar-refractivity contribution in [1.82, 2.24) is 30.3 Å². The Hall–Kier alpha value is -3.95. The summed E-state index contributed by atoms with van der Waals surface area (Å²) in [5, 5.41) is 18.6. The number of carboxylic acid groups (broad SMARTS) is 1. The summed E-state index contributed by atoms with van der Waals surface area (Å²) < 4.78 is 38.1. The first-order valence-corrected chi connectivity index (χ1v) is 18.9. The third-order valence-corrected chi connectivity index (χ3v) is 12.0. The monoisotopic (exact) mass is 747 g/mol. The van der Waals surface area contributed by atoms with Gasteiger partial charge >= 0.3 is 12.1 Å². The highest BCUT2D eigenvalue weighted by molar-refractivity contribution is 5.92. The molecule has 3 N–H and O–H groups in total. The summed E-state index contributed by atoms with van der Waals surface area (Å²) in [5.74, 6) is -1.81. The minimum Gasteiger partial charge on any atom is -0.475 e. The fourth-order valence-corrected chi connectivity index (χ4v) is 8.57. The number of H-pyrrole nitrogens is 1. The van der Waals surface area contributed by atoms with E-state index in [-0.39, 0.29) is 29.1 Å². The zero-order valence-electron chi connectivity index (χ0n) is 30.8. The van der Waals surface area contributed by atoms with E-state index >= 15 is 0 Å². The summed E-state index contributed by atoms with van der Waals surface area (Å²) in [5.41, 5.74) is 0.468. The number of amides is 3. The van der Waals surface area contributed by atoms with Crippen LogP contribution in [0.3, 0.4) is 0 Å². The Kier molecular flexibility index (Phi) is 11.3. The number of ether oxygens (including phenoxy) is 1. The van der Waals surface area contributed by atoms with Gasteiger partial charge in [-0.25, -0.2) is 9.78 Å². The molecule has 2 aromatic rings. The number of aromatic nitrogens is 3. The molecule has 0 radical (unpaired) electrons. The Labute approximate surface area is 307 Å². The van der Waals surface area contributed by atoms with Gasteiger partial charge in [0, 0.05) is 68.8 Å². The predicted octanol–water partition coefficient (Wildman–Crippen LogP) is 4.38. The molecule has 0 bridgehead atoms. The lowest BCUT2D eigenvalue weighted by Crippen LogP contribution is -2.65. The van der Waals surface area contributed by atoms with Crippen LogP contribution in [0, 0.1) is 28.6 Å². The van der Waals surface area contributed by atoms with Gasteiger partial charge in [0.15, 0.2) is 5.82 Å². The second kappa shape index (κ2) is 15.4. The Morgan fingerprint density at radius 2 is 1.66 bits per heavy atom. The summed E-state index contributed by atoms with van der Waals surface area (Å²) in [6.45, 7) is 10.4. The van der Waals surface area contributed by atoms with Crippen molar-refractivity contribution in [2.24, 2.45) is 28.6 Å². The SMILES string of the molecule is C[C@@H](OCC1CCCCC1)[C@H](NC(=O)[C@@H]1CN(c2nccc3cn[nH]c23)CC12CN(C(=O)[C@H]1CC1(C)C)C2)C(=O)N1CCCCC1.O=C(O)C(F)(F)F. The first kappa shape index (κ1) is 38.8. The summed E-state index contributed by atoms with van der Waals surface area (Å²) in [6.07, 6.45) is 8.11. The number of halogens is 3. The molecule has 5 aliphatic rings. The molecular formula is C37H52F3N7O6. The third-order valence-electron chi connectivity index (χ3n) is 12.0. The zero-order valence-corrected chi connectivity index (χ0v) is 30.8. The molecule has 3 amide bonds. The summed E-state index contributed by atoms with van der Waals surface area (Å²) in [6, 6.07) is 1.17. The molecule has 2 aliphatic carbocycles. The van der Waals surface area contributed by atoms with Crippen molar-refractivity contribution in [3.63, 3.8) is 0 Å². The molecule has 2 saturated carbocycles. The molecule has 5 heterocycles. The molecule has 4 atom stereocenters. The van der Waals surface area contributed by atoms with Gasteiger partial charge in [-0.05, 0) is 62.8 Å². The number of aromatic amines is 1. The maximum absolute atomic E-state index is 14.5. The number of carboxylic acids is 1. The van der Waals surface area contributed by atoms with Gasteiger partial charge in [-0.15, -0.1) is 0 Å². The van der Waals surface area contributed by atoms with Crippen LogP contribution in [0.2, 0.25) is 0 Å². The summed E-state index contributed by atoms with van der Waals surface area (Å²) in [7, 11) is 0. The topological polar surface area (TPSA) is 161 Å². The van der Waals surface area contributed by atoms with Crippen molar-refractivity contribution >= 4 is 40.4 Å². The molecule has 0 unspecified atom stereocenters. The number of rotatable bonds is 9. The van der Waals surface area contributed by atoms with E-state index in [0.29, 0.717) is 38.7 Å². The molecule has 16 heteroatoms. The van der Waals surface area contributed by atoms with E-state index in [1.165, 1.54) is 19.3 Å². The van der Waals surface area contributed by atoms with Gasteiger partial charge in [-0.3, -0.25) is 19.5 Å². The van der Waals surface area contributed by atoms with E-state index in [4.69, 9.17) is 19.6 Å². The van der Waals surface area contributed by atoms with Crippen LogP contribution in [0.25, 0.3) is 10.9 Å². The van der Waals surface area contributed by atoms with E-state index in [1.807, 2.05) is 22.8 Å². The predicted molar refractivity (Wildman–Crippen MR) is 189 cm³/mol. The van der Waals surface area contributed by atoms with E-state index in [9.17, 15) is 27.6 Å². The number of nitrogens with zero attached hydrogens (tertiary/aromatic N) is 5. The van der Waals surface area contributed by atoms with Gasteiger partial charge in [0.05, 0.1) is 18.2 Å². The minimum atomic E-state index is -5.08. The minimum absolute atomic E-state index is 0.0432. The fourth-order valence-electron chi connectivity index (χ4n) is 8.57. The number of fused-ring (bicyclic) bond motifs is 1. The number of nitrogens with one attached hydrogen (secondary N) is 2. The van der Waals surface area contributed by atoms with Crippen LogP contribution in [-0.4, -0.2) is 118 Å². The Balaban J connectivity index is 0.000000626. The first-order chi connectivity index (χ1) is 25.1. The second-order valence-corrected chi connectivity index (χ2v) is 16.4. The molecule has 5 fully saturated rings. The van der Waals surface area contributed by atoms with Crippen molar-refractivity contribution in [3.8, 4) is 0 Å². The normalized spacial score (nSPS) is 24.9. The van der Waals surface area contributed by atoms with Crippen LogP contribution in [0.1, 0.15) is 78.6 Å². The highest BCUT2D eigenvalue weighted by atomic mass is 19.4. The van der Waals surface area contributed by atoms with Crippen molar-refractivity contribution < 1.29 is 42.2 Å². The van der Waals surface area contributed by atoms with E-state index < -0.39 is 35.6 Å². The number of anilines is 1. The van der Waals surface area contributed by atoms with Gasteiger partial charge < -0.3 is 29.9 Å². The molecule has 292 valence electrons. The number of aliphatic carboxylic acids is 1. The number of carbonyl (C=O) groups excluding carboxylic acids is 3. The van der Waals surface area contributed by atoms with Crippen LogP contribution in [-0.2, 0) is 23.9 Å². The average Bonchev–Trinajstić information content (AvgIpc) is 3.43. The Morgan fingerprint density at radius 1 is 1.02 bits per heavy atom. The lowest BCUT2D eigenvalue weighted by molar-refractivity contribution is -0.192. The van der Waals surface area contributed by atoms with Gasteiger partial charge in [0.2, 0.25) is 17.7 Å². The van der Waals surface area contributed by atoms with Crippen molar-refractivity contribution in [2.45, 2.75) is 96.9 Å². The van der Waals surface area contributed by atoms with E-state index in [0.717, 1.165) is 68.3 Å². The first-order valence-electron chi connectivity index (χ1n) is 18.9. The number of piperidine rings is 1. The average molecular weight is 748 g/mol. The molecule has 0 aromatic carbocycles. The van der Waals surface area contributed by atoms with Crippen molar-refractivity contribution in [2.75, 3.05) is 50.8 Å². The van der Waals surface area contributed by atoms with Crippen LogP contribution >= 0.6 is 0 Å².